The van der Waals surface area contributed by atoms with Gasteiger partial charge in [-0.1, -0.05) is 28.1 Å². The molecule has 0 amide bonds. The van der Waals surface area contributed by atoms with Gasteiger partial charge in [0.15, 0.2) is 6.61 Å². The Morgan fingerprint density at radius 3 is 2.89 bits per heavy atom. The highest BCUT2D eigenvalue weighted by Gasteiger charge is 2.21. The zero-order chi connectivity index (χ0) is 13.7. The van der Waals surface area contributed by atoms with Gasteiger partial charge in [0, 0.05) is 10.9 Å². The standard InChI is InChI=1S/C14H15BrO4/c15-11-3-1-2-10(8-11)4-5-12-6-7-13(16)18-9-14(17)19-12/h1-3,8,12H,4-7,9H2/t12-/m0/s1. The van der Waals surface area contributed by atoms with Gasteiger partial charge in [-0.25, -0.2) is 4.79 Å². The van der Waals surface area contributed by atoms with Crippen molar-refractivity contribution in [3.63, 3.8) is 0 Å². The third-order valence-electron chi connectivity index (χ3n) is 2.96. The Morgan fingerprint density at radius 1 is 1.26 bits per heavy atom. The van der Waals surface area contributed by atoms with E-state index in [0.717, 1.165) is 17.3 Å². The number of aryl methyl sites for hydroxylation is 1. The first kappa shape index (κ1) is 14.1. The summed E-state index contributed by atoms with van der Waals surface area (Å²) in [4.78, 5) is 22.6. The van der Waals surface area contributed by atoms with E-state index in [2.05, 4.69) is 15.9 Å². The highest BCUT2D eigenvalue weighted by molar-refractivity contribution is 9.10. The molecular formula is C14H15BrO4. The quantitative estimate of drug-likeness (QED) is 0.801. The number of ether oxygens (including phenoxy) is 2. The summed E-state index contributed by atoms with van der Waals surface area (Å²) in [5, 5.41) is 0. The fourth-order valence-corrected chi connectivity index (χ4v) is 2.44. The molecule has 1 heterocycles. The molecule has 0 unspecified atom stereocenters. The first-order chi connectivity index (χ1) is 9.13. The summed E-state index contributed by atoms with van der Waals surface area (Å²) in [5.74, 6) is -0.795. The Bertz CT molecular complexity index is 472. The zero-order valence-electron chi connectivity index (χ0n) is 10.4. The number of hydrogen-bond donors (Lipinski definition) is 0. The van der Waals surface area contributed by atoms with E-state index >= 15 is 0 Å². The Morgan fingerprint density at radius 2 is 2.11 bits per heavy atom. The monoisotopic (exact) mass is 326 g/mol. The van der Waals surface area contributed by atoms with Gasteiger partial charge < -0.3 is 9.47 Å². The van der Waals surface area contributed by atoms with Crippen molar-refractivity contribution in [1.82, 2.24) is 0 Å². The van der Waals surface area contributed by atoms with Gasteiger partial charge in [0.25, 0.3) is 0 Å². The number of carbonyl (C=O) groups is 2. The van der Waals surface area contributed by atoms with E-state index in [9.17, 15) is 9.59 Å². The lowest BCUT2D eigenvalue weighted by molar-refractivity contribution is -0.167. The molecule has 1 aromatic carbocycles. The van der Waals surface area contributed by atoms with E-state index in [1.54, 1.807) is 0 Å². The van der Waals surface area contributed by atoms with Crippen molar-refractivity contribution in [2.45, 2.75) is 31.8 Å². The zero-order valence-corrected chi connectivity index (χ0v) is 12.0. The normalized spacial score (nSPS) is 20.2. The fraction of sp³-hybridized carbons (Fsp3) is 0.429. The SMILES string of the molecule is O=C1CC[C@H](CCc2cccc(Br)c2)OC(=O)CO1. The third kappa shape index (κ3) is 4.67. The number of rotatable bonds is 3. The topological polar surface area (TPSA) is 52.6 Å². The van der Waals surface area contributed by atoms with Gasteiger partial charge in [-0.3, -0.25) is 4.79 Å². The average molecular weight is 327 g/mol. The maximum absolute atomic E-state index is 11.4. The molecule has 1 aliphatic heterocycles. The summed E-state index contributed by atoms with van der Waals surface area (Å²) in [6.07, 6.45) is 2.15. The lowest BCUT2D eigenvalue weighted by atomic mass is 10.0. The number of carbonyl (C=O) groups excluding carboxylic acids is 2. The van der Waals surface area contributed by atoms with Crippen LogP contribution in [0.25, 0.3) is 0 Å². The van der Waals surface area contributed by atoms with Crippen LogP contribution in [0.1, 0.15) is 24.8 Å². The summed E-state index contributed by atoms with van der Waals surface area (Å²) in [7, 11) is 0. The predicted octanol–water partition coefficient (Wildman–Crippen LogP) is 2.63. The van der Waals surface area contributed by atoms with Crippen LogP contribution in [0.2, 0.25) is 0 Å². The maximum Gasteiger partial charge on any atom is 0.344 e. The van der Waals surface area contributed by atoms with Gasteiger partial charge >= 0.3 is 11.9 Å². The average Bonchev–Trinajstić information content (AvgIpc) is 2.38. The van der Waals surface area contributed by atoms with Crippen molar-refractivity contribution in [3.8, 4) is 0 Å². The smallest absolute Gasteiger partial charge is 0.344 e. The van der Waals surface area contributed by atoms with Crippen LogP contribution in [0.4, 0.5) is 0 Å². The summed E-state index contributed by atoms with van der Waals surface area (Å²) in [5.41, 5.74) is 1.18. The Labute approximate surface area is 120 Å². The molecule has 102 valence electrons. The van der Waals surface area contributed by atoms with Gasteiger partial charge in [0.2, 0.25) is 0 Å². The van der Waals surface area contributed by atoms with Crippen molar-refractivity contribution in [3.05, 3.63) is 34.3 Å². The van der Waals surface area contributed by atoms with Crippen molar-refractivity contribution >= 4 is 27.9 Å². The van der Waals surface area contributed by atoms with Crippen LogP contribution in [0.3, 0.4) is 0 Å². The number of esters is 2. The second-order valence-corrected chi connectivity index (χ2v) is 5.40. The number of halogens is 1. The number of cyclic esters (lactones) is 2. The van der Waals surface area contributed by atoms with Crippen LogP contribution in [0, 0.1) is 0 Å². The van der Waals surface area contributed by atoms with E-state index in [4.69, 9.17) is 9.47 Å². The lowest BCUT2D eigenvalue weighted by Crippen LogP contribution is -2.27. The van der Waals surface area contributed by atoms with Crippen LogP contribution in [-0.4, -0.2) is 24.6 Å². The first-order valence-electron chi connectivity index (χ1n) is 6.23. The number of benzene rings is 1. The molecule has 1 saturated heterocycles. The van der Waals surface area contributed by atoms with Gasteiger partial charge in [-0.15, -0.1) is 0 Å². The van der Waals surface area contributed by atoms with E-state index in [1.807, 2.05) is 24.3 Å². The van der Waals surface area contributed by atoms with E-state index in [1.165, 1.54) is 5.56 Å². The van der Waals surface area contributed by atoms with Crippen LogP contribution in [0.5, 0.6) is 0 Å². The van der Waals surface area contributed by atoms with Crippen LogP contribution in [-0.2, 0) is 25.5 Å². The summed E-state index contributed by atoms with van der Waals surface area (Å²) >= 11 is 3.42. The van der Waals surface area contributed by atoms with Crippen LogP contribution >= 0.6 is 15.9 Å². The molecule has 0 radical (unpaired) electrons. The highest BCUT2D eigenvalue weighted by Crippen LogP contribution is 2.17. The number of hydrogen-bond acceptors (Lipinski definition) is 4. The summed E-state index contributed by atoms with van der Waals surface area (Å²) < 4.78 is 11.0. The fourth-order valence-electron chi connectivity index (χ4n) is 1.99. The van der Waals surface area contributed by atoms with E-state index < -0.39 is 5.97 Å². The molecule has 0 saturated carbocycles. The van der Waals surface area contributed by atoms with E-state index in [0.29, 0.717) is 12.8 Å². The minimum Gasteiger partial charge on any atom is -0.460 e. The molecule has 5 heteroatoms. The van der Waals surface area contributed by atoms with Crippen molar-refractivity contribution in [1.29, 1.82) is 0 Å². The minimum atomic E-state index is -0.465. The molecule has 0 spiro atoms. The molecule has 0 bridgehead atoms. The molecule has 0 aliphatic carbocycles. The van der Waals surface area contributed by atoms with Crippen molar-refractivity contribution in [2.75, 3.05) is 6.61 Å². The molecule has 1 fully saturated rings. The minimum absolute atomic E-state index is 0.209. The molecule has 1 aliphatic rings. The second-order valence-electron chi connectivity index (χ2n) is 4.48. The third-order valence-corrected chi connectivity index (χ3v) is 3.46. The van der Waals surface area contributed by atoms with Gasteiger partial charge in [0.1, 0.15) is 6.10 Å². The molecule has 0 aromatic heterocycles. The lowest BCUT2D eigenvalue weighted by Gasteiger charge is -2.20. The van der Waals surface area contributed by atoms with Gasteiger partial charge in [0.05, 0.1) is 0 Å². The second kappa shape index (κ2) is 6.70. The molecule has 4 nitrogen and oxygen atoms in total. The molecule has 2 rings (SSSR count). The maximum atomic E-state index is 11.4. The van der Waals surface area contributed by atoms with Crippen molar-refractivity contribution in [2.24, 2.45) is 0 Å². The Hall–Kier alpha value is -1.36. The highest BCUT2D eigenvalue weighted by atomic mass is 79.9. The summed E-state index contributed by atoms with van der Waals surface area (Å²) in [6.45, 7) is -0.272. The van der Waals surface area contributed by atoms with Crippen molar-refractivity contribution < 1.29 is 19.1 Å². The van der Waals surface area contributed by atoms with Crippen LogP contribution in [0.15, 0.2) is 28.7 Å². The molecule has 1 atom stereocenters. The molecule has 0 N–H and O–H groups in total. The predicted molar refractivity (Wildman–Crippen MR) is 72.5 cm³/mol. The Kier molecular flexibility index (Phi) is 4.96. The largest absolute Gasteiger partial charge is 0.460 e. The van der Waals surface area contributed by atoms with Gasteiger partial charge in [-0.2, -0.15) is 0 Å². The van der Waals surface area contributed by atoms with Gasteiger partial charge in [-0.05, 0) is 37.0 Å². The van der Waals surface area contributed by atoms with Crippen LogP contribution < -0.4 is 0 Å². The Balaban J connectivity index is 1.90. The molecule has 19 heavy (non-hydrogen) atoms. The molecular weight excluding hydrogens is 312 g/mol. The van der Waals surface area contributed by atoms with E-state index in [-0.39, 0.29) is 18.7 Å². The first-order valence-corrected chi connectivity index (χ1v) is 7.02. The molecule has 1 aromatic rings. The summed E-state index contributed by atoms with van der Waals surface area (Å²) in [6, 6.07) is 8.01.